The maximum Gasteiger partial charge on any atom is 0.332 e. The summed E-state index contributed by atoms with van der Waals surface area (Å²) < 4.78 is 10.7. The molecule has 0 radical (unpaired) electrons. The molecule has 1 aliphatic rings. The van der Waals surface area contributed by atoms with Crippen molar-refractivity contribution in [3.05, 3.63) is 0 Å². The Morgan fingerprint density at radius 1 is 1.41 bits per heavy atom. The highest BCUT2D eigenvalue weighted by molar-refractivity contribution is 6.67. The average Bonchev–Trinajstić information content (AvgIpc) is 2.25. The van der Waals surface area contributed by atoms with Gasteiger partial charge >= 0.3 is 5.97 Å². The number of nitriles is 1. The summed E-state index contributed by atoms with van der Waals surface area (Å²) in [5, 5.41) is 8.76. The van der Waals surface area contributed by atoms with Gasteiger partial charge in [0.15, 0.2) is 0 Å². The summed E-state index contributed by atoms with van der Waals surface area (Å²) in [6, 6.07) is 0. The third-order valence-corrected chi connectivity index (χ3v) is 2.71. The van der Waals surface area contributed by atoms with Crippen LogP contribution in [0.1, 0.15) is 33.6 Å². The van der Waals surface area contributed by atoms with Gasteiger partial charge in [0.25, 0.3) is 6.71 Å². The van der Waals surface area contributed by atoms with Crippen LogP contribution in [0.25, 0.3) is 0 Å². The first kappa shape index (κ1) is 14.0. The zero-order valence-electron chi connectivity index (χ0n) is 10.9. The highest BCUT2D eigenvalue weighted by Gasteiger charge is 2.25. The van der Waals surface area contributed by atoms with Gasteiger partial charge < -0.3 is 9.47 Å². The fourth-order valence-electron chi connectivity index (χ4n) is 1.92. The molecule has 0 aromatic carbocycles. The van der Waals surface area contributed by atoms with Crippen LogP contribution < -0.4 is 0 Å². The smallest absolute Gasteiger partial charge is 0.332 e. The quantitative estimate of drug-likeness (QED) is 0.556. The van der Waals surface area contributed by atoms with E-state index in [-0.39, 0.29) is 25.4 Å². The Balaban J connectivity index is 2.20. The van der Waals surface area contributed by atoms with Crippen LogP contribution >= 0.6 is 0 Å². The molecule has 0 spiro atoms. The van der Waals surface area contributed by atoms with Crippen molar-refractivity contribution in [3.8, 4) is 5.97 Å². The molecule has 0 bridgehead atoms. The first-order chi connectivity index (χ1) is 7.90. The van der Waals surface area contributed by atoms with Crippen molar-refractivity contribution in [3.63, 3.8) is 0 Å². The van der Waals surface area contributed by atoms with Gasteiger partial charge in [-0.2, -0.15) is 0 Å². The van der Waals surface area contributed by atoms with Gasteiger partial charge in [-0.25, -0.2) is 10.1 Å². The van der Waals surface area contributed by atoms with E-state index in [9.17, 15) is 4.79 Å². The van der Waals surface area contributed by atoms with E-state index in [1.54, 1.807) is 0 Å². The molecule has 0 saturated carbocycles. The summed E-state index contributed by atoms with van der Waals surface area (Å²) in [6.07, 6.45) is 3.57. The van der Waals surface area contributed by atoms with Crippen LogP contribution in [0, 0.1) is 11.2 Å². The van der Waals surface area contributed by atoms with Crippen molar-refractivity contribution in [1.82, 2.24) is 0 Å². The molecule has 0 atom stereocenters. The summed E-state index contributed by atoms with van der Waals surface area (Å²) in [6.45, 7) is 5.69. The lowest BCUT2D eigenvalue weighted by Crippen LogP contribution is -2.30. The molecule has 1 aliphatic heterocycles. The molecule has 17 heavy (non-hydrogen) atoms. The lowest BCUT2D eigenvalue weighted by molar-refractivity contribution is -0.162. The Kier molecular flexibility index (Phi) is 5.01. The second-order valence-electron chi connectivity index (χ2n) is 5.50. The first-order valence-electron chi connectivity index (χ1n) is 6.14. The van der Waals surface area contributed by atoms with Crippen molar-refractivity contribution < 1.29 is 14.3 Å². The zero-order chi connectivity index (χ0) is 12.9. The number of hydrogen-bond donors (Lipinski definition) is 0. The van der Waals surface area contributed by atoms with E-state index in [4.69, 9.17) is 14.7 Å². The van der Waals surface area contributed by atoms with Crippen LogP contribution in [-0.4, -0.2) is 31.0 Å². The third-order valence-electron chi connectivity index (χ3n) is 2.71. The molecular weight excluding hydrogens is 217 g/mol. The largest absolute Gasteiger partial charge is 0.458 e. The van der Waals surface area contributed by atoms with Crippen molar-refractivity contribution in [1.29, 1.82) is 5.26 Å². The highest BCUT2D eigenvalue weighted by atomic mass is 16.6. The molecule has 94 valence electrons. The molecule has 1 rings (SSSR count). The summed E-state index contributed by atoms with van der Waals surface area (Å²) in [4.78, 5) is 11.4. The summed E-state index contributed by atoms with van der Waals surface area (Å²) >= 11 is 0. The summed E-state index contributed by atoms with van der Waals surface area (Å²) in [5.41, 5.74) is -0.459. The molecule has 0 aromatic heterocycles. The molecule has 0 aliphatic carbocycles. The SMILES string of the molecule is CC(C)(C)OC(=O)COC1CCB(C#N)CC1. The van der Waals surface area contributed by atoms with Crippen LogP contribution in [0.4, 0.5) is 0 Å². The highest BCUT2D eigenvalue weighted by Crippen LogP contribution is 2.21. The van der Waals surface area contributed by atoms with E-state index in [1.807, 2.05) is 20.8 Å². The van der Waals surface area contributed by atoms with Gasteiger partial charge in [-0.15, -0.1) is 0 Å². The van der Waals surface area contributed by atoms with Crippen molar-refractivity contribution in [2.45, 2.75) is 58.0 Å². The van der Waals surface area contributed by atoms with E-state index in [0.717, 1.165) is 25.5 Å². The average molecular weight is 237 g/mol. The van der Waals surface area contributed by atoms with Crippen LogP contribution in [0.5, 0.6) is 0 Å². The molecular formula is C12H20BNO3. The number of nitrogens with zero attached hydrogens (tertiary/aromatic N) is 1. The van der Waals surface area contributed by atoms with E-state index in [1.165, 1.54) is 0 Å². The number of carbonyl (C=O) groups is 1. The van der Waals surface area contributed by atoms with Gasteiger partial charge in [-0.1, -0.05) is 12.6 Å². The Morgan fingerprint density at radius 3 is 2.47 bits per heavy atom. The second-order valence-corrected chi connectivity index (χ2v) is 5.50. The number of hydrogen-bond acceptors (Lipinski definition) is 4. The molecule has 4 nitrogen and oxygen atoms in total. The van der Waals surface area contributed by atoms with Crippen LogP contribution in [0.15, 0.2) is 0 Å². The van der Waals surface area contributed by atoms with E-state index < -0.39 is 5.60 Å². The molecule has 0 unspecified atom stereocenters. The van der Waals surface area contributed by atoms with Gasteiger partial charge in [-0.05, 0) is 33.6 Å². The maximum absolute atomic E-state index is 11.4. The molecule has 1 heterocycles. The molecule has 0 aromatic rings. The molecule has 0 N–H and O–H groups in total. The predicted octanol–water partition coefficient (Wildman–Crippen LogP) is 2.06. The fraction of sp³-hybridized carbons (Fsp3) is 0.833. The Bertz CT molecular complexity index is 298. The standard InChI is InChI=1S/C12H20BNO3/c1-12(2,3)17-11(15)8-16-10-4-6-13(9-14)7-5-10/h10H,4-8H2,1-3H3. The number of ether oxygens (including phenoxy) is 2. The van der Waals surface area contributed by atoms with Crippen LogP contribution in [0.2, 0.25) is 12.6 Å². The summed E-state index contributed by atoms with van der Waals surface area (Å²) in [5.74, 6) is 1.95. The summed E-state index contributed by atoms with van der Waals surface area (Å²) in [7, 11) is 0. The predicted molar refractivity (Wildman–Crippen MR) is 65.8 cm³/mol. The molecule has 1 fully saturated rings. The molecule has 5 heteroatoms. The lowest BCUT2D eigenvalue weighted by atomic mass is 9.42. The van der Waals surface area contributed by atoms with E-state index >= 15 is 0 Å². The monoisotopic (exact) mass is 237 g/mol. The lowest BCUT2D eigenvalue weighted by Gasteiger charge is -2.24. The van der Waals surface area contributed by atoms with Crippen LogP contribution in [-0.2, 0) is 14.3 Å². The Labute approximate surface area is 103 Å². The minimum atomic E-state index is -0.459. The minimum absolute atomic E-state index is 0.0131. The van der Waals surface area contributed by atoms with Crippen molar-refractivity contribution in [2.75, 3.05) is 6.61 Å². The third kappa shape index (κ3) is 5.74. The van der Waals surface area contributed by atoms with E-state index in [2.05, 4.69) is 5.97 Å². The van der Waals surface area contributed by atoms with Gasteiger partial charge in [0, 0.05) is 5.97 Å². The van der Waals surface area contributed by atoms with Crippen LogP contribution in [0.3, 0.4) is 0 Å². The van der Waals surface area contributed by atoms with Gasteiger partial charge in [-0.3, -0.25) is 0 Å². The second kappa shape index (κ2) is 6.06. The molecule has 0 amide bonds. The van der Waals surface area contributed by atoms with Gasteiger partial charge in [0.1, 0.15) is 12.2 Å². The van der Waals surface area contributed by atoms with Crippen molar-refractivity contribution >= 4 is 12.7 Å². The molecule has 1 saturated heterocycles. The van der Waals surface area contributed by atoms with Gasteiger partial charge in [0.2, 0.25) is 0 Å². The number of esters is 1. The first-order valence-corrected chi connectivity index (χ1v) is 6.14. The topological polar surface area (TPSA) is 59.3 Å². The fourth-order valence-corrected chi connectivity index (χ4v) is 1.92. The van der Waals surface area contributed by atoms with Gasteiger partial charge in [0.05, 0.1) is 6.10 Å². The van der Waals surface area contributed by atoms with E-state index in [0.29, 0.717) is 0 Å². The van der Waals surface area contributed by atoms with Crippen molar-refractivity contribution in [2.24, 2.45) is 0 Å². The Morgan fingerprint density at radius 2 is 2.00 bits per heavy atom. The maximum atomic E-state index is 11.4. The minimum Gasteiger partial charge on any atom is -0.458 e. The number of rotatable bonds is 3. The zero-order valence-corrected chi connectivity index (χ0v) is 10.9. The normalized spacial score (nSPS) is 17.6. The number of carbonyl (C=O) groups excluding carboxylic acids is 1. The Hall–Kier alpha value is -1.02.